The monoisotopic (exact) mass is 396 g/mol. The molecule has 3 unspecified atom stereocenters. The van der Waals surface area contributed by atoms with Gasteiger partial charge in [-0.3, -0.25) is 9.59 Å². The maximum atomic E-state index is 13.4. The molecule has 0 spiro atoms. The lowest BCUT2D eigenvalue weighted by molar-refractivity contribution is -0.336. The second-order valence-corrected chi connectivity index (χ2v) is 9.79. The molecule has 28 heavy (non-hydrogen) atoms. The number of carbonyl (C=O) groups is 2. The molecule has 3 N–H and O–H groups in total. The van der Waals surface area contributed by atoms with Crippen molar-refractivity contribution in [1.29, 1.82) is 0 Å². The summed E-state index contributed by atoms with van der Waals surface area (Å²) in [6, 6.07) is 0. The minimum Gasteiger partial charge on any atom is -0.457 e. The largest absolute Gasteiger partial charge is 0.457 e. The summed E-state index contributed by atoms with van der Waals surface area (Å²) >= 11 is 0. The van der Waals surface area contributed by atoms with Crippen LogP contribution < -0.4 is 0 Å². The third kappa shape index (κ3) is 2.63. The molecule has 2 aliphatic carbocycles. The third-order valence-corrected chi connectivity index (χ3v) is 7.52. The standard InChI is InChI=1S/C21H32O7/c1-7-19(5)10-13(24)21(26)17(28-19)15(27-11(2)22)14(25)16-18(3,4)9-8-12(23)20(16,21)6/h7,12,14-17,23,25-26H,1,8-10H2,2-6H3/t12-,14?,15?,16-,17+,19-,20?,21+/m0/s1. The number of hydrogen-bond acceptors (Lipinski definition) is 7. The molecule has 1 saturated heterocycles. The first-order chi connectivity index (χ1) is 12.7. The van der Waals surface area contributed by atoms with Crippen LogP contribution in [-0.2, 0) is 19.1 Å². The lowest BCUT2D eigenvalue weighted by Gasteiger charge is -2.67. The van der Waals surface area contributed by atoms with Crippen LogP contribution in [0.25, 0.3) is 0 Å². The van der Waals surface area contributed by atoms with Gasteiger partial charge in [-0.15, -0.1) is 6.58 Å². The Kier molecular flexibility index (Phi) is 4.87. The van der Waals surface area contributed by atoms with E-state index in [1.807, 2.05) is 13.8 Å². The maximum Gasteiger partial charge on any atom is 0.303 e. The van der Waals surface area contributed by atoms with Gasteiger partial charge in [0.15, 0.2) is 17.5 Å². The van der Waals surface area contributed by atoms with E-state index < -0.39 is 64.1 Å². The summed E-state index contributed by atoms with van der Waals surface area (Å²) in [6.07, 6.45) is -2.48. The van der Waals surface area contributed by atoms with E-state index in [4.69, 9.17) is 9.47 Å². The van der Waals surface area contributed by atoms with Crippen LogP contribution >= 0.6 is 0 Å². The lowest BCUT2D eigenvalue weighted by Crippen LogP contribution is -2.82. The van der Waals surface area contributed by atoms with E-state index in [2.05, 4.69) is 6.58 Å². The fraction of sp³-hybridized carbons (Fsp3) is 0.810. The first-order valence-electron chi connectivity index (χ1n) is 9.85. The fourth-order valence-corrected chi connectivity index (χ4v) is 6.04. The Morgan fingerprint density at radius 1 is 1.29 bits per heavy atom. The van der Waals surface area contributed by atoms with Gasteiger partial charge in [0.1, 0.15) is 6.10 Å². The van der Waals surface area contributed by atoms with Gasteiger partial charge >= 0.3 is 5.97 Å². The van der Waals surface area contributed by atoms with Crippen LogP contribution in [0.1, 0.15) is 53.9 Å². The summed E-state index contributed by atoms with van der Waals surface area (Å²) in [5, 5.41) is 34.2. The fourth-order valence-electron chi connectivity index (χ4n) is 6.04. The summed E-state index contributed by atoms with van der Waals surface area (Å²) in [7, 11) is 0. The van der Waals surface area contributed by atoms with Gasteiger partial charge in [0.05, 0.1) is 17.8 Å². The zero-order valence-electron chi connectivity index (χ0n) is 17.3. The van der Waals surface area contributed by atoms with E-state index in [-0.39, 0.29) is 6.42 Å². The summed E-state index contributed by atoms with van der Waals surface area (Å²) in [5.74, 6) is -1.83. The third-order valence-electron chi connectivity index (χ3n) is 7.52. The average Bonchev–Trinajstić information content (AvgIpc) is 2.58. The molecule has 0 amide bonds. The lowest BCUT2D eigenvalue weighted by atomic mass is 9.42. The zero-order chi connectivity index (χ0) is 21.3. The number of Topliss-reactive ketones (excluding diaryl/α,β-unsaturated/α-hetero) is 1. The van der Waals surface area contributed by atoms with E-state index in [0.29, 0.717) is 12.8 Å². The number of rotatable bonds is 2. The van der Waals surface area contributed by atoms with E-state index in [1.165, 1.54) is 13.0 Å². The van der Waals surface area contributed by atoms with Gasteiger partial charge in [-0.05, 0) is 25.2 Å². The van der Waals surface area contributed by atoms with E-state index >= 15 is 0 Å². The van der Waals surface area contributed by atoms with Crippen LogP contribution in [0.2, 0.25) is 0 Å². The Morgan fingerprint density at radius 3 is 2.43 bits per heavy atom. The molecule has 7 heteroatoms. The number of ether oxygens (including phenoxy) is 2. The highest BCUT2D eigenvalue weighted by Gasteiger charge is 2.76. The van der Waals surface area contributed by atoms with Crippen molar-refractivity contribution in [3.8, 4) is 0 Å². The first-order valence-corrected chi connectivity index (χ1v) is 9.85. The molecule has 1 aliphatic heterocycles. The highest BCUT2D eigenvalue weighted by molar-refractivity contribution is 5.91. The van der Waals surface area contributed by atoms with Crippen molar-refractivity contribution < 1.29 is 34.4 Å². The highest BCUT2D eigenvalue weighted by Crippen LogP contribution is 2.64. The number of aliphatic hydroxyl groups excluding tert-OH is 2. The SMILES string of the molecule is C=C[C@@]1(C)CC(=O)[C@@]2(O)[C@H](O1)C(OC(C)=O)C(O)[C@H]1C(C)(C)CC[C@H](O)C12C. The second kappa shape index (κ2) is 6.36. The van der Waals surface area contributed by atoms with Crippen molar-refractivity contribution in [2.75, 3.05) is 0 Å². The van der Waals surface area contributed by atoms with Crippen molar-refractivity contribution in [2.24, 2.45) is 16.7 Å². The molecular weight excluding hydrogens is 364 g/mol. The Balaban J connectivity index is 2.24. The smallest absolute Gasteiger partial charge is 0.303 e. The number of hydrogen-bond donors (Lipinski definition) is 3. The number of aliphatic hydroxyl groups is 3. The van der Waals surface area contributed by atoms with Crippen molar-refractivity contribution in [2.45, 2.75) is 89.5 Å². The first kappa shape index (κ1) is 21.4. The molecule has 158 valence electrons. The molecule has 1 heterocycles. The van der Waals surface area contributed by atoms with E-state index in [9.17, 15) is 24.9 Å². The summed E-state index contributed by atoms with van der Waals surface area (Å²) < 4.78 is 11.5. The van der Waals surface area contributed by atoms with Crippen LogP contribution in [0.4, 0.5) is 0 Å². The summed E-state index contributed by atoms with van der Waals surface area (Å²) in [6.45, 7) is 12.1. The molecular formula is C21H32O7. The maximum absolute atomic E-state index is 13.4. The van der Waals surface area contributed by atoms with Gasteiger partial charge in [0, 0.05) is 24.7 Å². The molecule has 2 saturated carbocycles. The Labute approximate surface area is 165 Å². The molecule has 8 atom stereocenters. The van der Waals surface area contributed by atoms with Crippen molar-refractivity contribution in [3.63, 3.8) is 0 Å². The van der Waals surface area contributed by atoms with E-state index in [0.717, 1.165) is 0 Å². The minimum absolute atomic E-state index is 0.123. The quantitative estimate of drug-likeness (QED) is 0.474. The van der Waals surface area contributed by atoms with Crippen molar-refractivity contribution in [3.05, 3.63) is 12.7 Å². The van der Waals surface area contributed by atoms with Crippen molar-refractivity contribution in [1.82, 2.24) is 0 Å². The van der Waals surface area contributed by atoms with Crippen LogP contribution in [-0.4, -0.2) is 62.7 Å². The van der Waals surface area contributed by atoms with Crippen molar-refractivity contribution >= 4 is 11.8 Å². The van der Waals surface area contributed by atoms with Gasteiger partial charge in [-0.1, -0.05) is 26.8 Å². The topological polar surface area (TPSA) is 113 Å². The average molecular weight is 396 g/mol. The van der Waals surface area contributed by atoms with E-state index in [1.54, 1.807) is 13.8 Å². The molecule has 0 aromatic carbocycles. The number of ketones is 1. The van der Waals surface area contributed by atoms with Gasteiger partial charge in [0.2, 0.25) is 0 Å². The Bertz CT molecular complexity index is 703. The number of esters is 1. The molecule has 0 bridgehead atoms. The van der Waals surface area contributed by atoms with Gasteiger partial charge < -0.3 is 24.8 Å². The number of fused-ring (bicyclic) bond motifs is 3. The summed E-state index contributed by atoms with van der Waals surface area (Å²) in [4.78, 5) is 25.2. The Morgan fingerprint density at radius 2 is 1.89 bits per heavy atom. The molecule has 0 radical (unpaired) electrons. The minimum atomic E-state index is -2.11. The molecule has 3 rings (SSSR count). The molecule has 3 fully saturated rings. The predicted molar refractivity (Wildman–Crippen MR) is 100 cm³/mol. The molecule has 0 aromatic rings. The van der Waals surface area contributed by atoms with Gasteiger partial charge in [-0.25, -0.2) is 0 Å². The Hall–Kier alpha value is -1.28. The van der Waals surface area contributed by atoms with Crippen LogP contribution in [0.15, 0.2) is 12.7 Å². The number of carbonyl (C=O) groups excluding carboxylic acids is 2. The van der Waals surface area contributed by atoms with Crippen LogP contribution in [0.5, 0.6) is 0 Å². The van der Waals surface area contributed by atoms with Gasteiger partial charge in [0.25, 0.3) is 0 Å². The molecule has 7 nitrogen and oxygen atoms in total. The normalized spacial score (nSPS) is 50.3. The molecule has 0 aromatic heterocycles. The highest BCUT2D eigenvalue weighted by atomic mass is 16.6. The van der Waals surface area contributed by atoms with Crippen LogP contribution in [0, 0.1) is 16.7 Å². The second-order valence-electron chi connectivity index (χ2n) is 9.79. The predicted octanol–water partition coefficient (Wildman–Crippen LogP) is 1.13. The zero-order valence-corrected chi connectivity index (χ0v) is 17.3. The van der Waals surface area contributed by atoms with Crippen LogP contribution in [0.3, 0.4) is 0 Å². The summed E-state index contributed by atoms with van der Waals surface area (Å²) in [5.41, 5.74) is -5.07. The van der Waals surface area contributed by atoms with Gasteiger partial charge in [-0.2, -0.15) is 0 Å². The molecule has 3 aliphatic rings.